The van der Waals surface area contributed by atoms with Gasteiger partial charge < -0.3 is 5.32 Å². The van der Waals surface area contributed by atoms with Crippen molar-refractivity contribution in [3.63, 3.8) is 0 Å². The summed E-state index contributed by atoms with van der Waals surface area (Å²) in [6.45, 7) is 2.16. The van der Waals surface area contributed by atoms with E-state index < -0.39 is 0 Å². The van der Waals surface area contributed by atoms with Crippen LogP contribution in [-0.2, 0) is 6.42 Å². The molecule has 0 bridgehead atoms. The number of carbonyl (C=O) groups excluding carboxylic acids is 1. The molecule has 1 heterocycles. The van der Waals surface area contributed by atoms with Crippen molar-refractivity contribution in [3.05, 3.63) is 52.4 Å². The third-order valence-corrected chi connectivity index (χ3v) is 3.88. The van der Waals surface area contributed by atoms with Gasteiger partial charge in [-0.2, -0.15) is 5.26 Å². The number of anilines is 1. The van der Waals surface area contributed by atoms with Gasteiger partial charge in [0.15, 0.2) is 0 Å². The molecule has 20 heavy (non-hydrogen) atoms. The normalized spacial score (nSPS) is 10.0. The van der Waals surface area contributed by atoms with Crippen molar-refractivity contribution >= 4 is 22.2 Å². The molecule has 0 saturated carbocycles. The van der Waals surface area contributed by atoms with E-state index >= 15 is 0 Å². The van der Waals surface area contributed by atoms with Gasteiger partial charge in [0.1, 0.15) is 11.1 Å². The van der Waals surface area contributed by atoms with E-state index in [-0.39, 0.29) is 5.91 Å². The summed E-state index contributed by atoms with van der Waals surface area (Å²) in [5.74, 6) is -0.175. The number of carbonyl (C=O) groups is 1. The highest BCUT2D eigenvalue weighted by molar-refractivity contribution is 7.14. The Kier molecular flexibility index (Phi) is 4.91. The Bertz CT molecular complexity index is 623. The molecule has 1 N–H and O–H groups in total. The van der Waals surface area contributed by atoms with Gasteiger partial charge in [0.25, 0.3) is 5.91 Å². The Balaban J connectivity index is 2.04. The second kappa shape index (κ2) is 6.88. The zero-order valence-electron chi connectivity index (χ0n) is 11.3. The van der Waals surface area contributed by atoms with Crippen LogP contribution in [-0.4, -0.2) is 5.91 Å². The number of nitriles is 1. The third kappa shape index (κ3) is 3.46. The molecule has 2 rings (SSSR count). The second-order valence-electron chi connectivity index (χ2n) is 4.53. The number of hydrogen-bond acceptors (Lipinski definition) is 3. The molecule has 1 aromatic carbocycles. The molecule has 0 radical (unpaired) electrons. The van der Waals surface area contributed by atoms with E-state index in [1.165, 1.54) is 16.9 Å². The Hall–Kier alpha value is -2.12. The molecule has 0 aliphatic rings. The molecule has 0 atom stereocenters. The predicted molar refractivity (Wildman–Crippen MR) is 82.0 cm³/mol. The molecule has 3 nitrogen and oxygen atoms in total. The number of benzene rings is 1. The van der Waals surface area contributed by atoms with Crippen LogP contribution in [0.4, 0.5) is 5.00 Å². The van der Waals surface area contributed by atoms with Crippen molar-refractivity contribution < 1.29 is 4.79 Å². The van der Waals surface area contributed by atoms with Crippen molar-refractivity contribution in [2.45, 2.75) is 26.2 Å². The minimum Gasteiger partial charge on any atom is -0.312 e. The van der Waals surface area contributed by atoms with Crippen LogP contribution in [0.5, 0.6) is 0 Å². The topological polar surface area (TPSA) is 52.9 Å². The molecular weight excluding hydrogens is 268 g/mol. The Morgan fingerprint density at radius 2 is 2.05 bits per heavy atom. The van der Waals surface area contributed by atoms with Crippen LogP contribution in [0.2, 0.25) is 0 Å². The summed E-state index contributed by atoms with van der Waals surface area (Å²) in [5.41, 5.74) is 2.36. The second-order valence-corrected chi connectivity index (χ2v) is 5.45. The summed E-state index contributed by atoms with van der Waals surface area (Å²) in [7, 11) is 0. The molecule has 0 spiro atoms. The minimum absolute atomic E-state index is 0.175. The number of amides is 1. The van der Waals surface area contributed by atoms with E-state index in [0.717, 1.165) is 19.3 Å². The molecule has 1 aromatic heterocycles. The van der Waals surface area contributed by atoms with Crippen molar-refractivity contribution in [2.24, 2.45) is 0 Å². The third-order valence-electron chi connectivity index (χ3n) is 3.05. The van der Waals surface area contributed by atoms with Gasteiger partial charge in [0, 0.05) is 5.56 Å². The standard InChI is InChI=1S/C16H16N2OS/c1-2-3-4-12-5-7-13(8-6-12)15(19)18-16-14(11-17)9-10-20-16/h5-10H,2-4H2,1H3,(H,18,19). The minimum atomic E-state index is -0.175. The van der Waals surface area contributed by atoms with Crippen LogP contribution >= 0.6 is 11.3 Å². The zero-order valence-corrected chi connectivity index (χ0v) is 12.2. The lowest BCUT2D eigenvalue weighted by molar-refractivity contribution is 0.102. The number of nitrogens with one attached hydrogen (secondary N) is 1. The Labute approximate surface area is 122 Å². The fourth-order valence-corrected chi connectivity index (χ4v) is 2.61. The van der Waals surface area contributed by atoms with Gasteiger partial charge in [-0.25, -0.2) is 0 Å². The Morgan fingerprint density at radius 1 is 1.30 bits per heavy atom. The maximum absolute atomic E-state index is 12.1. The molecule has 2 aromatic rings. The van der Waals surface area contributed by atoms with Crippen molar-refractivity contribution in [1.29, 1.82) is 5.26 Å². The number of rotatable bonds is 5. The first-order chi connectivity index (χ1) is 9.74. The Morgan fingerprint density at radius 3 is 2.70 bits per heavy atom. The highest BCUT2D eigenvalue weighted by Gasteiger charge is 2.10. The van der Waals surface area contributed by atoms with Gasteiger partial charge in [0.2, 0.25) is 0 Å². The van der Waals surface area contributed by atoms with E-state index in [0.29, 0.717) is 16.1 Å². The number of hydrogen-bond donors (Lipinski definition) is 1. The van der Waals surface area contributed by atoms with Crippen molar-refractivity contribution in [2.75, 3.05) is 5.32 Å². The number of unbranched alkanes of at least 4 members (excludes halogenated alkanes) is 1. The average molecular weight is 284 g/mol. The van der Waals surface area contributed by atoms with Gasteiger partial charge in [0.05, 0.1) is 5.56 Å². The van der Waals surface area contributed by atoms with E-state index in [1.54, 1.807) is 11.4 Å². The van der Waals surface area contributed by atoms with Crippen LogP contribution in [0.3, 0.4) is 0 Å². The van der Waals surface area contributed by atoms with Crippen LogP contribution in [0, 0.1) is 11.3 Å². The summed E-state index contributed by atoms with van der Waals surface area (Å²) in [4.78, 5) is 12.1. The smallest absolute Gasteiger partial charge is 0.256 e. The average Bonchev–Trinajstić information content (AvgIpc) is 2.92. The van der Waals surface area contributed by atoms with Gasteiger partial charge >= 0.3 is 0 Å². The first kappa shape index (κ1) is 14.3. The molecule has 102 valence electrons. The quantitative estimate of drug-likeness (QED) is 0.894. The highest BCUT2D eigenvalue weighted by atomic mass is 32.1. The lowest BCUT2D eigenvalue weighted by Gasteiger charge is -2.05. The number of thiophene rings is 1. The monoisotopic (exact) mass is 284 g/mol. The van der Waals surface area contributed by atoms with Gasteiger partial charge in [-0.05, 0) is 42.0 Å². The van der Waals surface area contributed by atoms with E-state index in [9.17, 15) is 4.79 Å². The van der Waals surface area contributed by atoms with Crippen LogP contribution in [0.15, 0.2) is 35.7 Å². The fraction of sp³-hybridized carbons (Fsp3) is 0.250. The highest BCUT2D eigenvalue weighted by Crippen LogP contribution is 2.22. The maximum Gasteiger partial charge on any atom is 0.256 e. The molecule has 0 saturated heterocycles. The van der Waals surface area contributed by atoms with Gasteiger partial charge in [-0.3, -0.25) is 4.79 Å². The van der Waals surface area contributed by atoms with E-state index in [2.05, 4.69) is 18.3 Å². The summed E-state index contributed by atoms with van der Waals surface area (Å²) < 4.78 is 0. The molecular formula is C16H16N2OS. The summed E-state index contributed by atoms with van der Waals surface area (Å²) >= 11 is 1.36. The molecule has 0 aliphatic heterocycles. The lowest BCUT2D eigenvalue weighted by Crippen LogP contribution is -2.11. The van der Waals surface area contributed by atoms with Crippen molar-refractivity contribution in [3.8, 4) is 6.07 Å². The molecule has 0 aliphatic carbocycles. The van der Waals surface area contributed by atoms with E-state index in [4.69, 9.17) is 5.26 Å². The molecule has 0 unspecified atom stereocenters. The van der Waals surface area contributed by atoms with Gasteiger partial charge in [-0.15, -0.1) is 11.3 Å². The maximum atomic E-state index is 12.1. The molecule has 1 amide bonds. The first-order valence-corrected chi connectivity index (χ1v) is 7.50. The molecule has 0 fully saturated rings. The van der Waals surface area contributed by atoms with Crippen molar-refractivity contribution in [1.82, 2.24) is 0 Å². The van der Waals surface area contributed by atoms with Crippen LogP contribution < -0.4 is 5.32 Å². The largest absolute Gasteiger partial charge is 0.312 e. The van der Waals surface area contributed by atoms with Crippen LogP contribution in [0.1, 0.15) is 41.3 Å². The summed E-state index contributed by atoms with van der Waals surface area (Å²) in [6, 6.07) is 11.4. The zero-order chi connectivity index (χ0) is 14.4. The predicted octanol–water partition coefficient (Wildman–Crippen LogP) is 4.21. The first-order valence-electron chi connectivity index (χ1n) is 6.62. The summed E-state index contributed by atoms with van der Waals surface area (Å²) in [6.07, 6.45) is 3.37. The lowest BCUT2D eigenvalue weighted by atomic mass is 10.1. The van der Waals surface area contributed by atoms with E-state index in [1.807, 2.05) is 24.3 Å². The summed E-state index contributed by atoms with van der Waals surface area (Å²) in [5, 5.41) is 14.1. The van der Waals surface area contributed by atoms with Gasteiger partial charge in [-0.1, -0.05) is 25.5 Å². The number of aryl methyl sites for hydroxylation is 1. The molecule has 4 heteroatoms. The fourth-order valence-electron chi connectivity index (χ4n) is 1.87. The SMILES string of the molecule is CCCCc1ccc(C(=O)Nc2sccc2C#N)cc1. The van der Waals surface area contributed by atoms with Crippen LogP contribution in [0.25, 0.3) is 0 Å². The number of nitrogens with zero attached hydrogens (tertiary/aromatic N) is 1.